The molecule has 8 heteroatoms. The highest BCUT2D eigenvalue weighted by Crippen LogP contribution is 2.27. The molecule has 7 nitrogen and oxygen atoms in total. The molecule has 23 heavy (non-hydrogen) atoms. The van der Waals surface area contributed by atoms with Gasteiger partial charge in [-0.15, -0.1) is 0 Å². The van der Waals surface area contributed by atoms with Gasteiger partial charge in [-0.25, -0.2) is 4.98 Å². The summed E-state index contributed by atoms with van der Waals surface area (Å²) in [7, 11) is 1.89. The molecule has 0 aromatic carbocycles. The highest BCUT2D eigenvalue weighted by atomic mass is 35.5. The Hall–Kier alpha value is -2.12. The molecule has 3 aromatic heterocycles. The molecule has 1 saturated heterocycles. The first kappa shape index (κ1) is 14.5. The van der Waals surface area contributed by atoms with E-state index in [9.17, 15) is 0 Å². The number of hydrogen-bond acceptors (Lipinski definition) is 5. The van der Waals surface area contributed by atoms with Gasteiger partial charge in [0, 0.05) is 38.7 Å². The largest absolute Gasteiger partial charge is 0.381 e. The fraction of sp³-hybridized carbons (Fsp3) is 0.400. The quantitative estimate of drug-likeness (QED) is 0.746. The number of hydrogen-bond donors (Lipinski definition) is 1. The Labute approximate surface area is 138 Å². The normalized spacial score (nSPS) is 16.1. The van der Waals surface area contributed by atoms with Gasteiger partial charge in [-0.05, 0) is 30.5 Å². The molecule has 0 saturated carbocycles. The zero-order chi connectivity index (χ0) is 15.8. The van der Waals surface area contributed by atoms with Crippen molar-refractivity contribution in [2.24, 2.45) is 7.05 Å². The molecule has 4 heterocycles. The molecular weight excluding hydrogens is 316 g/mol. The van der Waals surface area contributed by atoms with Crippen LogP contribution in [0, 0.1) is 0 Å². The number of aromatic nitrogens is 5. The first-order chi connectivity index (χ1) is 11.2. The molecule has 0 unspecified atom stereocenters. The first-order valence-electron chi connectivity index (χ1n) is 7.58. The Morgan fingerprint density at radius 2 is 2.13 bits per heavy atom. The van der Waals surface area contributed by atoms with E-state index in [4.69, 9.17) is 16.3 Å². The number of halogens is 1. The van der Waals surface area contributed by atoms with Crippen molar-refractivity contribution in [3.05, 3.63) is 29.9 Å². The third kappa shape index (κ3) is 2.77. The monoisotopic (exact) mass is 332 g/mol. The predicted molar refractivity (Wildman–Crippen MR) is 88.1 cm³/mol. The summed E-state index contributed by atoms with van der Waals surface area (Å²) in [6, 6.07) is 2.26. The summed E-state index contributed by atoms with van der Waals surface area (Å²) >= 11 is 6.09. The molecule has 1 aliphatic heterocycles. The Bertz CT molecular complexity index is 836. The second-order valence-corrected chi connectivity index (χ2v) is 6.00. The van der Waals surface area contributed by atoms with E-state index in [0.29, 0.717) is 6.04 Å². The fourth-order valence-corrected chi connectivity index (χ4v) is 3.08. The van der Waals surface area contributed by atoms with E-state index in [-0.39, 0.29) is 5.28 Å². The smallest absolute Gasteiger partial charge is 0.225 e. The number of nitrogens with one attached hydrogen (secondary N) is 1. The topological polar surface area (TPSA) is 69.8 Å². The standard InChI is InChI=1S/C15H17ClN6O/c1-21-9-11(8-17-21)22-5-2-12-13(22)14(20-15(16)19-12)18-10-3-6-23-7-4-10/h2,5,8-10H,3-4,6-7H2,1H3,(H,18,19,20). The van der Waals surface area contributed by atoms with Crippen LogP contribution in [-0.2, 0) is 11.8 Å². The summed E-state index contributed by atoms with van der Waals surface area (Å²) in [4.78, 5) is 8.74. The van der Waals surface area contributed by atoms with Crippen molar-refractivity contribution >= 4 is 28.5 Å². The molecule has 0 radical (unpaired) electrons. The van der Waals surface area contributed by atoms with Crippen LogP contribution in [-0.4, -0.2) is 43.6 Å². The molecule has 120 valence electrons. The molecule has 0 amide bonds. The van der Waals surface area contributed by atoms with Crippen molar-refractivity contribution < 1.29 is 4.74 Å². The van der Waals surface area contributed by atoms with Gasteiger partial charge in [0.1, 0.15) is 5.52 Å². The molecule has 1 fully saturated rings. The van der Waals surface area contributed by atoms with Gasteiger partial charge in [0.15, 0.2) is 5.82 Å². The van der Waals surface area contributed by atoms with Crippen LogP contribution in [0.3, 0.4) is 0 Å². The highest BCUT2D eigenvalue weighted by Gasteiger charge is 2.19. The number of rotatable bonds is 3. The van der Waals surface area contributed by atoms with Gasteiger partial charge in [-0.2, -0.15) is 10.1 Å². The molecule has 1 N–H and O–H groups in total. The lowest BCUT2D eigenvalue weighted by molar-refractivity contribution is 0.0904. The van der Waals surface area contributed by atoms with Crippen LogP contribution in [0.2, 0.25) is 5.28 Å². The average Bonchev–Trinajstić information content (AvgIpc) is 3.14. The maximum atomic E-state index is 6.09. The molecule has 4 rings (SSSR count). The second kappa shape index (κ2) is 5.82. The van der Waals surface area contributed by atoms with Crippen LogP contribution in [0.25, 0.3) is 16.7 Å². The summed E-state index contributed by atoms with van der Waals surface area (Å²) in [6.07, 6.45) is 7.63. The molecule has 3 aromatic rings. The van der Waals surface area contributed by atoms with E-state index in [1.807, 2.05) is 36.3 Å². The second-order valence-electron chi connectivity index (χ2n) is 5.66. The number of fused-ring (bicyclic) bond motifs is 1. The minimum absolute atomic E-state index is 0.246. The average molecular weight is 333 g/mol. The summed E-state index contributed by atoms with van der Waals surface area (Å²) in [5.41, 5.74) is 2.68. The lowest BCUT2D eigenvalue weighted by atomic mass is 10.1. The predicted octanol–water partition coefficient (Wildman–Crippen LogP) is 2.40. The number of nitrogens with zero attached hydrogens (tertiary/aromatic N) is 5. The fourth-order valence-electron chi connectivity index (χ4n) is 2.90. The SMILES string of the molecule is Cn1cc(-n2ccc3nc(Cl)nc(NC4CCOCC4)c32)cn1. The number of aryl methyl sites for hydroxylation is 1. The third-order valence-corrected chi connectivity index (χ3v) is 4.21. The molecular formula is C15H17ClN6O. The van der Waals surface area contributed by atoms with E-state index in [0.717, 1.165) is 48.6 Å². The van der Waals surface area contributed by atoms with Gasteiger partial charge in [-0.3, -0.25) is 4.68 Å². The van der Waals surface area contributed by atoms with Gasteiger partial charge in [-0.1, -0.05) is 0 Å². The lowest BCUT2D eigenvalue weighted by Crippen LogP contribution is -2.28. The summed E-state index contributed by atoms with van der Waals surface area (Å²) < 4.78 is 9.21. The van der Waals surface area contributed by atoms with Gasteiger partial charge in [0.05, 0.1) is 17.4 Å². The van der Waals surface area contributed by atoms with Crippen LogP contribution in [0.4, 0.5) is 5.82 Å². The van der Waals surface area contributed by atoms with Crippen molar-refractivity contribution in [3.63, 3.8) is 0 Å². The van der Waals surface area contributed by atoms with Crippen LogP contribution in [0.15, 0.2) is 24.7 Å². The molecule has 0 bridgehead atoms. The van der Waals surface area contributed by atoms with Crippen LogP contribution in [0.1, 0.15) is 12.8 Å². The van der Waals surface area contributed by atoms with E-state index >= 15 is 0 Å². The van der Waals surface area contributed by atoms with Crippen molar-refractivity contribution in [1.82, 2.24) is 24.3 Å². The van der Waals surface area contributed by atoms with Crippen LogP contribution in [0.5, 0.6) is 0 Å². The van der Waals surface area contributed by atoms with E-state index in [1.54, 1.807) is 4.68 Å². The summed E-state index contributed by atoms with van der Waals surface area (Å²) in [5, 5.41) is 7.98. The lowest BCUT2D eigenvalue weighted by Gasteiger charge is -2.24. The van der Waals surface area contributed by atoms with Crippen molar-refractivity contribution in [2.45, 2.75) is 18.9 Å². The van der Waals surface area contributed by atoms with E-state index in [1.165, 1.54) is 0 Å². The van der Waals surface area contributed by atoms with Gasteiger partial charge in [0.25, 0.3) is 0 Å². The zero-order valence-electron chi connectivity index (χ0n) is 12.7. The summed E-state index contributed by atoms with van der Waals surface area (Å²) in [6.45, 7) is 1.53. The Morgan fingerprint density at radius 3 is 2.87 bits per heavy atom. The van der Waals surface area contributed by atoms with Crippen molar-refractivity contribution in [3.8, 4) is 5.69 Å². The van der Waals surface area contributed by atoms with Gasteiger partial charge < -0.3 is 14.6 Å². The van der Waals surface area contributed by atoms with Crippen LogP contribution >= 0.6 is 11.6 Å². The van der Waals surface area contributed by atoms with Gasteiger partial charge >= 0.3 is 0 Å². The minimum atomic E-state index is 0.246. The van der Waals surface area contributed by atoms with E-state index < -0.39 is 0 Å². The first-order valence-corrected chi connectivity index (χ1v) is 7.96. The number of anilines is 1. The Kier molecular flexibility index (Phi) is 3.66. The highest BCUT2D eigenvalue weighted by molar-refractivity contribution is 6.28. The molecule has 0 aliphatic carbocycles. The zero-order valence-corrected chi connectivity index (χ0v) is 13.5. The third-order valence-electron chi connectivity index (χ3n) is 4.04. The minimum Gasteiger partial charge on any atom is -0.381 e. The van der Waals surface area contributed by atoms with Gasteiger partial charge in [0.2, 0.25) is 5.28 Å². The molecule has 0 atom stereocenters. The molecule has 0 spiro atoms. The maximum absolute atomic E-state index is 6.09. The van der Waals surface area contributed by atoms with Crippen molar-refractivity contribution in [2.75, 3.05) is 18.5 Å². The Morgan fingerprint density at radius 1 is 1.30 bits per heavy atom. The van der Waals surface area contributed by atoms with E-state index in [2.05, 4.69) is 20.4 Å². The number of ether oxygens (including phenoxy) is 1. The Balaban J connectivity index is 1.79. The summed E-state index contributed by atoms with van der Waals surface area (Å²) in [5.74, 6) is 0.751. The van der Waals surface area contributed by atoms with Crippen LogP contribution < -0.4 is 5.32 Å². The molecule has 1 aliphatic rings. The maximum Gasteiger partial charge on any atom is 0.225 e. The van der Waals surface area contributed by atoms with Crippen molar-refractivity contribution in [1.29, 1.82) is 0 Å².